The maximum Gasteiger partial charge on any atom is 0.164 e. The number of ether oxygens (including phenoxy) is 2. The zero-order valence-corrected chi connectivity index (χ0v) is 5.30. The Kier molecular flexibility index (Phi) is 1.06. The van der Waals surface area contributed by atoms with Gasteiger partial charge in [0.2, 0.25) is 0 Å². The van der Waals surface area contributed by atoms with E-state index in [1.54, 1.807) is 0 Å². The van der Waals surface area contributed by atoms with E-state index in [1.807, 2.05) is 0 Å². The van der Waals surface area contributed by atoms with E-state index in [-0.39, 0.29) is 12.0 Å². The molecule has 3 fully saturated rings. The number of hydrogen-bond acceptors (Lipinski definition) is 3. The molecule has 2 N–H and O–H groups in total. The fraction of sp³-hybridized carbons (Fsp3) is 1.00. The second-order valence-electron chi connectivity index (χ2n) is 2.79. The molecule has 3 heterocycles. The molecule has 0 saturated carbocycles. The van der Waals surface area contributed by atoms with Crippen LogP contribution in [0.5, 0.6) is 0 Å². The van der Waals surface area contributed by atoms with Crippen LogP contribution in [0.15, 0.2) is 0 Å². The molecule has 3 rings (SSSR count). The van der Waals surface area contributed by atoms with Crippen LogP contribution < -0.4 is 5.73 Å². The predicted molar refractivity (Wildman–Crippen MR) is 31.6 cm³/mol. The molecule has 3 saturated heterocycles. The minimum Gasteiger partial charge on any atom is -0.352 e. The highest BCUT2D eigenvalue weighted by molar-refractivity contribution is 4.86. The summed E-state index contributed by atoms with van der Waals surface area (Å²) in [6.07, 6.45) is 2.88. The normalized spacial score (nSPS) is 49.7. The lowest BCUT2D eigenvalue weighted by Gasteiger charge is -2.41. The van der Waals surface area contributed by atoms with Crippen molar-refractivity contribution in [1.29, 1.82) is 0 Å². The second kappa shape index (κ2) is 1.68. The Labute approximate surface area is 54.1 Å². The zero-order valence-electron chi connectivity index (χ0n) is 5.30. The molecule has 3 nitrogen and oxygen atoms in total. The minimum atomic E-state index is -0.318. The van der Waals surface area contributed by atoms with E-state index >= 15 is 0 Å². The SMILES string of the molecule is NC12CCCOC(C1)O2. The summed E-state index contributed by atoms with van der Waals surface area (Å²) in [7, 11) is 0. The van der Waals surface area contributed by atoms with Gasteiger partial charge >= 0.3 is 0 Å². The number of rotatable bonds is 0. The average Bonchev–Trinajstić information content (AvgIpc) is 1.95. The third-order valence-electron chi connectivity index (χ3n) is 1.93. The number of nitrogens with two attached hydrogens (primary N) is 1. The fourth-order valence-electron chi connectivity index (χ4n) is 1.37. The Morgan fingerprint density at radius 1 is 1.56 bits per heavy atom. The lowest BCUT2D eigenvalue weighted by Crippen LogP contribution is -2.56. The molecule has 3 aliphatic rings. The van der Waals surface area contributed by atoms with Crippen molar-refractivity contribution in [1.82, 2.24) is 0 Å². The smallest absolute Gasteiger partial charge is 0.164 e. The van der Waals surface area contributed by atoms with Crippen LogP contribution in [0.1, 0.15) is 19.3 Å². The van der Waals surface area contributed by atoms with Crippen molar-refractivity contribution in [3.8, 4) is 0 Å². The first-order chi connectivity index (χ1) is 4.29. The Balaban J connectivity index is 2.03. The first-order valence-corrected chi connectivity index (χ1v) is 3.37. The Hall–Kier alpha value is -0.120. The van der Waals surface area contributed by atoms with Crippen LogP contribution >= 0.6 is 0 Å². The highest BCUT2D eigenvalue weighted by Gasteiger charge is 2.44. The van der Waals surface area contributed by atoms with Gasteiger partial charge in [0.05, 0.1) is 0 Å². The lowest BCUT2D eigenvalue weighted by molar-refractivity contribution is -0.291. The van der Waals surface area contributed by atoms with Gasteiger partial charge in [-0.25, -0.2) is 0 Å². The van der Waals surface area contributed by atoms with E-state index in [2.05, 4.69) is 0 Å². The molecular weight excluding hydrogens is 118 g/mol. The van der Waals surface area contributed by atoms with Gasteiger partial charge in [0.1, 0.15) is 5.72 Å². The molecule has 2 unspecified atom stereocenters. The molecule has 3 aliphatic heterocycles. The third-order valence-corrected chi connectivity index (χ3v) is 1.93. The van der Waals surface area contributed by atoms with Gasteiger partial charge < -0.3 is 15.2 Å². The topological polar surface area (TPSA) is 44.5 Å². The third kappa shape index (κ3) is 0.852. The van der Waals surface area contributed by atoms with Gasteiger partial charge in [0.25, 0.3) is 0 Å². The summed E-state index contributed by atoms with van der Waals surface area (Å²) in [5, 5.41) is 0. The van der Waals surface area contributed by atoms with Crippen molar-refractivity contribution >= 4 is 0 Å². The van der Waals surface area contributed by atoms with Crippen LogP contribution in [-0.2, 0) is 9.47 Å². The average molecular weight is 129 g/mol. The Bertz CT molecular complexity index is 115. The molecule has 9 heavy (non-hydrogen) atoms. The van der Waals surface area contributed by atoms with E-state index in [0.717, 1.165) is 25.9 Å². The van der Waals surface area contributed by atoms with Crippen molar-refractivity contribution in [3.05, 3.63) is 0 Å². The van der Waals surface area contributed by atoms with Crippen molar-refractivity contribution < 1.29 is 9.47 Å². The van der Waals surface area contributed by atoms with Crippen LogP contribution in [0.4, 0.5) is 0 Å². The van der Waals surface area contributed by atoms with Gasteiger partial charge in [0, 0.05) is 13.0 Å². The first-order valence-electron chi connectivity index (χ1n) is 3.37. The van der Waals surface area contributed by atoms with Gasteiger partial charge in [-0.2, -0.15) is 0 Å². The van der Waals surface area contributed by atoms with Gasteiger partial charge in [-0.3, -0.25) is 0 Å². The monoisotopic (exact) mass is 129 g/mol. The summed E-state index contributed by atoms with van der Waals surface area (Å²) in [5.41, 5.74) is 5.42. The predicted octanol–water partition coefficient (Wildman–Crippen LogP) is 0.198. The molecule has 0 amide bonds. The molecule has 0 radical (unpaired) electrons. The van der Waals surface area contributed by atoms with E-state index in [4.69, 9.17) is 15.2 Å². The van der Waals surface area contributed by atoms with Crippen LogP contribution in [0.2, 0.25) is 0 Å². The van der Waals surface area contributed by atoms with Crippen molar-refractivity contribution in [3.63, 3.8) is 0 Å². The summed E-state index contributed by atoms with van der Waals surface area (Å²) < 4.78 is 10.5. The number of fused-ring (bicyclic) bond motifs is 3. The van der Waals surface area contributed by atoms with Gasteiger partial charge in [-0.1, -0.05) is 0 Å². The fourth-order valence-corrected chi connectivity index (χ4v) is 1.37. The van der Waals surface area contributed by atoms with Crippen LogP contribution in [-0.4, -0.2) is 18.6 Å². The summed E-state index contributed by atoms with van der Waals surface area (Å²) in [6.45, 7) is 0.809. The summed E-state index contributed by atoms with van der Waals surface area (Å²) in [6, 6.07) is 0. The summed E-state index contributed by atoms with van der Waals surface area (Å²) in [4.78, 5) is 0. The molecule has 0 spiro atoms. The summed E-state index contributed by atoms with van der Waals surface area (Å²) >= 11 is 0. The Morgan fingerprint density at radius 2 is 2.33 bits per heavy atom. The van der Waals surface area contributed by atoms with E-state index in [9.17, 15) is 0 Å². The van der Waals surface area contributed by atoms with Crippen molar-refractivity contribution in [2.24, 2.45) is 5.73 Å². The highest BCUT2D eigenvalue weighted by Crippen LogP contribution is 2.35. The first kappa shape index (κ1) is 5.65. The molecule has 3 heteroatoms. The molecular formula is C6H11NO2. The van der Waals surface area contributed by atoms with E-state index < -0.39 is 0 Å². The summed E-state index contributed by atoms with van der Waals surface area (Å²) in [5.74, 6) is 0. The largest absolute Gasteiger partial charge is 0.352 e. The molecule has 2 bridgehead atoms. The maximum absolute atomic E-state index is 5.74. The molecule has 0 aromatic carbocycles. The maximum atomic E-state index is 5.74. The zero-order chi connectivity index (χ0) is 6.32. The van der Waals surface area contributed by atoms with Gasteiger partial charge in [-0.15, -0.1) is 0 Å². The highest BCUT2D eigenvalue weighted by atomic mass is 16.7. The second-order valence-corrected chi connectivity index (χ2v) is 2.79. The quantitative estimate of drug-likeness (QED) is 0.508. The van der Waals surface area contributed by atoms with Gasteiger partial charge in [-0.05, 0) is 12.8 Å². The molecule has 0 aliphatic carbocycles. The Morgan fingerprint density at radius 3 is 3.11 bits per heavy atom. The van der Waals surface area contributed by atoms with Gasteiger partial charge in [0.15, 0.2) is 6.29 Å². The molecule has 0 aromatic heterocycles. The lowest BCUT2D eigenvalue weighted by atomic mass is 10.0. The minimum absolute atomic E-state index is 0.0116. The number of hydrogen-bond donors (Lipinski definition) is 1. The molecule has 2 atom stereocenters. The van der Waals surface area contributed by atoms with Crippen LogP contribution in [0.3, 0.4) is 0 Å². The van der Waals surface area contributed by atoms with Crippen molar-refractivity contribution in [2.75, 3.05) is 6.61 Å². The molecule has 0 aromatic rings. The van der Waals surface area contributed by atoms with Crippen molar-refractivity contribution in [2.45, 2.75) is 31.3 Å². The van der Waals surface area contributed by atoms with E-state index in [0.29, 0.717) is 0 Å². The van der Waals surface area contributed by atoms with Crippen LogP contribution in [0.25, 0.3) is 0 Å². The van der Waals surface area contributed by atoms with Crippen LogP contribution in [0, 0.1) is 0 Å². The molecule has 52 valence electrons. The van der Waals surface area contributed by atoms with E-state index in [1.165, 1.54) is 0 Å². The standard InChI is InChI=1S/C6H11NO2/c7-6-2-1-3-8-5(4-6)9-6/h5H,1-4,7H2.